The zero-order chi connectivity index (χ0) is 15.9. The summed E-state index contributed by atoms with van der Waals surface area (Å²) in [5, 5.41) is 0.545. The second-order valence-corrected chi connectivity index (χ2v) is 5.54. The van der Waals surface area contributed by atoms with E-state index < -0.39 is 11.8 Å². The summed E-state index contributed by atoms with van der Waals surface area (Å²) in [5.41, 5.74) is 5.79. The minimum atomic E-state index is -0.458. The molecule has 0 saturated heterocycles. The van der Waals surface area contributed by atoms with E-state index in [9.17, 15) is 9.59 Å². The van der Waals surface area contributed by atoms with Gasteiger partial charge in [-0.25, -0.2) is 0 Å². The summed E-state index contributed by atoms with van der Waals surface area (Å²) in [4.78, 5) is 23.6. The van der Waals surface area contributed by atoms with Crippen molar-refractivity contribution in [3.63, 3.8) is 0 Å². The molecule has 2 amide bonds. The molecule has 4 nitrogen and oxygen atoms in total. The summed E-state index contributed by atoms with van der Waals surface area (Å²) >= 11 is 9.25. The third-order valence-electron chi connectivity index (χ3n) is 2.74. The van der Waals surface area contributed by atoms with E-state index in [4.69, 9.17) is 11.6 Å². The minimum Gasteiger partial charge on any atom is -0.268 e. The van der Waals surface area contributed by atoms with Gasteiger partial charge in [0.05, 0.1) is 5.56 Å². The second-order valence-electron chi connectivity index (χ2n) is 4.28. The molecule has 0 atom stereocenters. The van der Waals surface area contributed by atoms with Crippen molar-refractivity contribution in [1.82, 2.24) is 10.9 Å². The van der Waals surface area contributed by atoms with Crippen LogP contribution in [0, 0.1) is 0 Å². The summed E-state index contributed by atoms with van der Waals surface area (Å²) in [7, 11) is 0. The number of carbonyl (C=O) groups is 2. The van der Waals surface area contributed by atoms with Crippen LogP contribution < -0.4 is 10.9 Å². The molecule has 6 heteroatoms. The van der Waals surface area contributed by atoms with Gasteiger partial charge in [0.2, 0.25) is 0 Å². The molecular formula is C16H12BrClN2O2. The number of amides is 2. The van der Waals surface area contributed by atoms with Gasteiger partial charge in [0.25, 0.3) is 11.8 Å². The summed E-state index contributed by atoms with van der Waals surface area (Å²) < 4.78 is 0.647. The molecule has 112 valence electrons. The number of nitrogens with one attached hydrogen (secondary N) is 2. The van der Waals surface area contributed by atoms with Crippen LogP contribution in [0.1, 0.15) is 15.9 Å². The maximum absolute atomic E-state index is 11.9. The first-order valence-corrected chi connectivity index (χ1v) is 7.52. The average Bonchev–Trinajstić information content (AvgIpc) is 2.52. The molecule has 0 unspecified atom stereocenters. The second kappa shape index (κ2) is 7.77. The molecule has 0 aliphatic carbocycles. The largest absolute Gasteiger partial charge is 0.270 e. The van der Waals surface area contributed by atoms with Crippen LogP contribution >= 0.6 is 27.5 Å². The van der Waals surface area contributed by atoms with E-state index in [2.05, 4.69) is 26.8 Å². The van der Waals surface area contributed by atoms with Crippen LogP contribution in [0.15, 0.2) is 59.1 Å². The number of rotatable bonds is 3. The molecule has 0 saturated carbocycles. The third kappa shape index (κ3) is 4.44. The van der Waals surface area contributed by atoms with Crippen LogP contribution in [0.2, 0.25) is 5.02 Å². The van der Waals surface area contributed by atoms with Crippen LogP contribution in [0.4, 0.5) is 0 Å². The van der Waals surface area contributed by atoms with Crippen molar-refractivity contribution in [3.05, 3.63) is 75.2 Å². The van der Waals surface area contributed by atoms with Crippen LogP contribution in [-0.2, 0) is 4.79 Å². The lowest BCUT2D eigenvalue weighted by molar-refractivity contribution is -0.117. The van der Waals surface area contributed by atoms with Gasteiger partial charge in [-0.1, -0.05) is 41.9 Å². The molecule has 2 aromatic carbocycles. The molecule has 22 heavy (non-hydrogen) atoms. The van der Waals surface area contributed by atoms with E-state index in [-0.39, 0.29) is 0 Å². The normalized spacial score (nSPS) is 10.5. The van der Waals surface area contributed by atoms with Crippen molar-refractivity contribution in [2.75, 3.05) is 0 Å². The lowest BCUT2D eigenvalue weighted by atomic mass is 10.2. The Morgan fingerprint density at radius 1 is 1.00 bits per heavy atom. The number of hydrazine groups is 1. The van der Waals surface area contributed by atoms with Crippen molar-refractivity contribution < 1.29 is 9.59 Å². The number of halogens is 2. The Hall–Kier alpha value is -2.11. The fourth-order valence-electron chi connectivity index (χ4n) is 1.65. The quantitative estimate of drug-likeness (QED) is 0.632. The Labute approximate surface area is 141 Å². The van der Waals surface area contributed by atoms with Gasteiger partial charge < -0.3 is 0 Å². The molecule has 0 aliphatic rings. The zero-order valence-electron chi connectivity index (χ0n) is 11.3. The number of hydrogen-bond acceptors (Lipinski definition) is 2. The smallest absolute Gasteiger partial charge is 0.268 e. The average molecular weight is 380 g/mol. The highest BCUT2D eigenvalue weighted by molar-refractivity contribution is 9.10. The van der Waals surface area contributed by atoms with Gasteiger partial charge >= 0.3 is 0 Å². The third-order valence-corrected chi connectivity index (χ3v) is 3.77. The minimum absolute atomic E-state index is 0.410. The maximum atomic E-state index is 11.9. The van der Waals surface area contributed by atoms with Gasteiger partial charge in [-0.2, -0.15) is 0 Å². The molecule has 0 aromatic heterocycles. The molecule has 2 aromatic rings. The van der Waals surface area contributed by atoms with Gasteiger partial charge in [-0.05, 0) is 45.8 Å². The van der Waals surface area contributed by atoms with Crippen molar-refractivity contribution in [1.29, 1.82) is 0 Å². The fraction of sp³-hybridized carbons (Fsp3) is 0. The summed E-state index contributed by atoms with van der Waals surface area (Å²) in [6.45, 7) is 0. The Morgan fingerprint density at radius 3 is 2.41 bits per heavy atom. The number of benzene rings is 2. The topological polar surface area (TPSA) is 58.2 Å². The molecule has 0 fully saturated rings. The van der Waals surface area contributed by atoms with Gasteiger partial charge in [-0.3, -0.25) is 20.4 Å². The Kier molecular flexibility index (Phi) is 5.75. The summed E-state index contributed by atoms with van der Waals surface area (Å²) in [6.07, 6.45) is 2.86. The lowest BCUT2D eigenvalue weighted by Gasteiger charge is -2.06. The van der Waals surface area contributed by atoms with E-state index in [1.54, 1.807) is 48.5 Å². The molecule has 0 heterocycles. The van der Waals surface area contributed by atoms with E-state index in [1.807, 2.05) is 6.07 Å². The Bertz CT molecular complexity index is 732. The van der Waals surface area contributed by atoms with E-state index in [0.29, 0.717) is 15.1 Å². The van der Waals surface area contributed by atoms with Crippen LogP contribution in [0.25, 0.3) is 6.08 Å². The first-order chi connectivity index (χ1) is 10.6. The SMILES string of the molecule is O=C(/C=C/c1ccccc1Cl)NNC(=O)c1ccccc1Br. The van der Waals surface area contributed by atoms with Crippen molar-refractivity contribution in [2.45, 2.75) is 0 Å². The molecule has 0 spiro atoms. The maximum Gasteiger partial charge on any atom is 0.270 e. The predicted molar refractivity (Wildman–Crippen MR) is 90.2 cm³/mol. The van der Waals surface area contributed by atoms with Gasteiger partial charge in [0, 0.05) is 15.6 Å². The van der Waals surface area contributed by atoms with Crippen LogP contribution in [0.5, 0.6) is 0 Å². The highest BCUT2D eigenvalue weighted by atomic mass is 79.9. The number of carbonyl (C=O) groups excluding carboxylic acids is 2. The van der Waals surface area contributed by atoms with Crippen molar-refractivity contribution >= 4 is 45.4 Å². The standard InChI is InChI=1S/C16H12BrClN2O2/c17-13-7-3-2-6-12(13)16(22)20-19-15(21)10-9-11-5-1-4-8-14(11)18/h1-10H,(H,19,21)(H,20,22)/b10-9+. The van der Waals surface area contributed by atoms with Gasteiger partial charge in [0.1, 0.15) is 0 Å². The van der Waals surface area contributed by atoms with Gasteiger partial charge in [-0.15, -0.1) is 0 Å². The van der Waals surface area contributed by atoms with E-state index >= 15 is 0 Å². The van der Waals surface area contributed by atoms with Crippen molar-refractivity contribution in [2.24, 2.45) is 0 Å². The molecule has 2 rings (SSSR count). The number of hydrogen-bond donors (Lipinski definition) is 2. The highest BCUT2D eigenvalue weighted by Crippen LogP contribution is 2.16. The Balaban J connectivity index is 1.92. The zero-order valence-corrected chi connectivity index (χ0v) is 13.7. The van der Waals surface area contributed by atoms with Crippen molar-refractivity contribution in [3.8, 4) is 0 Å². The monoisotopic (exact) mass is 378 g/mol. The molecule has 2 N–H and O–H groups in total. The van der Waals surface area contributed by atoms with Gasteiger partial charge in [0.15, 0.2) is 0 Å². The predicted octanol–water partition coefficient (Wildman–Crippen LogP) is 3.58. The van der Waals surface area contributed by atoms with Crippen LogP contribution in [-0.4, -0.2) is 11.8 Å². The highest BCUT2D eigenvalue weighted by Gasteiger charge is 2.09. The first kappa shape index (κ1) is 16.3. The molecule has 0 bridgehead atoms. The summed E-state index contributed by atoms with van der Waals surface area (Å²) in [5.74, 6) is -0.868. The summed E-state index contributed by atoms with van der Waals surface area (Å²) in [6, 6.07) is 14.1. The fourth-order valence-corrected chi connectivity index (χ4v) is 2.31. The van der Waals surface area contributed by atoms with Crippen LogP contribution in [0.3, 0.4) is 0 Å². The molecule has 0 radical (unpaired) electrons. The van der Waals surface area contributed by atoms with E-state index in [0.717, 1.165) is 5.56 Å². The first-order valence-electron chi connectivity index (χ1n) is 6.35. The van der Waals surface area contributed by atoms with E-state index in [1.165, 1.54) is 6.08 Å². The Morgan fingerprint density at radius 2 is 1.68 bits per heavy atom. The molecular weight excluding hydrogens is 368 g/mol. The lowest BCUT2D eigenvalue weighted by Crippen LogP contribution is -2.40. The molecule has 0 aliphatic heterocycles.